The number of halogens is 4. The maximum Gasteiger partial charge on any atom is 0.375 e. The summed E-state index contributed by atoms with van der Waals surface area (Å²) in [5.74, 6) is -3.40. The summed E-state index contributed by atoms with van der Waals surface area (Å²) in [4.78, 5) is 32.8. The summed E-state index contributed by atoms with van der Waals surface area (Å²) in [6, 6.07) is 7.40. The molecule has 2 amide bonds. The van der Waals surface area contributed by atoms with Crippen molar-refractivity contribution in [3.05, 3.63) is 71.6 Å². The molecular weight excluding hydrogens is 544 g/mol. The van der Waals surface area contributed by atoms with E-state index < -0.39 is 36.9 Å². The number of rotatable bonds is 2. The lowest BCUT2D eigenvalue weighted by Crippen LogP contribution is -2.59. The fourth-order valence-electron chi connectivity index (χ4n) is 6.10. The molecule has 0 spiro atoms. The van der Waals surface area contributed by atoms with Crippen molar-refractivity contribution in [1.29, 1.82) is 0 Å². The highest BCUT2D eigenvalue weighted by Crippen LogP contribution is 2.38. The molecule has 13 heteroatoms. The number of urea groups is 1. The summed E-state index contributed by atoms with van der Waals surface area (Å²) in [7, 11) is 0. The summed E-state index contributed by atoms with van der Waals surface area (Å²) < 4.78 is 65.4. The number of alkyl halides is 3. The molecule has 1 fully saturated rings. The third kappa shape index (κ3) is 4.22. The molecule has 0 bridgehead atoms. The molecule has 1 atom stereocenters. The topological polar surface area (TPSA) is 84.1 Å². The molecule has 1 saturated heterocycles. The minimum atomic E-state index is -3.84. The lowest BCUT2D eigenvalue weighted by Gasteiger charge is -2.41. The van der Waals surface area contributed by atoms with Crippen LogP contribution in [-0.4, -0.2) is 73.7 Å². The van der Waals surface area contributed by atoms with E-state index in [0.717, 1.165) is 11.8 Å². The van der Waals surface area contributed by atoms with Crippen LogP contribution in [0.5, 0.6) is 0 Å². The zero-order chi connectivity index (χ0) is 28.7. The summed E-state index contributed by atoms with van der Waals surface area (Å²) in [5.41, 5.74) is 4.00. The second-order valence-electron chi connectivity index (χ2n) is 10.7. The highest BCUT2D eigenvalue weighted by molar-refractivity contribution is 6.32. The Hall–Kier alpha value is -4.39. The van der Waals surface area contributed by atoms with Crippen LogP contribution >= 0.6 is 0 Å². The molecular formula is C28H24F4N6O3. The predicted octanol–water partition coefficient (Wildman–Crippen LogP) is 4.02. The second-order valence-corrected chi connectivity index (χ2v) is 10.7. The van der Waals surface area contributed by atoms with Gasteiger partial charge < -0.3 is 19.7 Å². The molecule has 0 radical (unpaired) electrons. The first-order valence-electron chi connectivity index (χ1n) is 13.1. The fraction of sp³-hybridized carbons (Fsp3) is 0.321. The Labute approximate surface area is 230 Å². The smallest absolute Gasteiger partial charge is 0.375 e. The van der Waals surface area contributed by atoms with Crippen LogP contribution in [0.3, 0.4) is 0 Å². The van der Waals surface area contributed by atoms with Gasteiger partial charge in [0.25, 0.3) is 0 Å². The number of ether oxygens (including phenoxy) is 1. The van der Waals surface area contributed by atoms with E-state index in [1.807, 2.05) is 33.4 Å². The molecule has 1 aromatic carbocycles. The van der Waals surface area contributed by atoms with Gasteiger partial charge in [0.1, 0.15) is 18.0 Å². The zero-order valence-electron chi connectivity index (χ0n) is 21.8. The monoisotopic (exact) mass is 568 g/mol. The first-order chi connectivity index (χ1) is 19.5. The number of ketones is 1. The van der Waals surface area contributed by atoms with Gasteiger partial charge in [0.2, 0.25) is 5.85 Å². The minimum absolute atomic E-state index is 0.0690. The van der Waals surface area contributed by atoms with E-state index in [2.05, 4.69) is 15.0 Å². The van der Waals surface area contributed by atoms with Crippen molar-refractivity contribution in [3.63, 3.8) is 0 Å². The van der Waals surface area contributed by atoms with E-state index in [0.29, 0.717) is 44.6 Å². The molecule has 7 rings (SSSR count). The van der Waals surface area contributed by atoms with Crippen LogP contribution in [0, 0.1) is 5.82 Å². The molecule has 6 heterocycles. The highest BCUT2D eigenvalue weighted by atomic mass is 19.3. The average molecular weight is 569 g/mol. The molecule has 9 nitrogen and oxygen atoms in total. The molecule has 0 aliphatic carbocycles. The van der Waals surface area contributed by atoms with E-state index in [1.165, 1.54) is 17.0 Å². The molecule has 1 unspecified atom stereocenters. The lowest BCUT2D eigenvalue weighted by molar-refractivity contribution is -0.354. The van der Waals surface area contributed by atoms with Crippen LogP contribution in [0.2, 0.25) is 0 Å². The number of amides is 2. The number of nitrogens with one attached hydrogen (secondary N) is 1. The summed E-state index contributed by atoms with van der Waals surface area (Å²) >= 11 is 0. The Bertz CT molecular complexity index is 1780. The minimum Gasteiger partial charge on any atom is -0.376 e. The number of nitrogens with zero attached hydrogens (tertiary/aromatic N) is 5. The van der Waals surface area contributed by atoms with Crippen LogP contribution in [0.1, 0.15) is 23.7 Å². The van der Waals surface area contributed by atoms with Gasteiger partial charge >= 0.3 is 12.1 Å². The maximum atomic E-state index is 15.1. The molecule has 41 heavy (non-hydrogen) atoms. The number of morpholine rings is 1. The van der Waals surface area contributed by atoms with Crippen molar-refractivity contribution in [2.45, 2.75) is 32.0 Å². The molecule has 0 saturated carbocycles. The maximum absolute atomic E-state index is 15.1. The highest BCUT2D eigenvalue weighted by Gasteiger charge is 2.50. The number of benzene rings is 1. The number of imidazole rings is 1. The van der Waals surface area contributed by atoms with E-state index in [9.17, 15) is 22.8 Å². The molecule has 4 aromatic rings. The van der Waals surface area contributed by atoms with Crippen LogP contribution in [-0.2, 0) is 22.6 Å². The zero-order valence-corrected chi connectivity index (χ0v) is 21.8. The van der Waals surface area contributed by atoms with Gasteiger partial charge in [-0.05, 0) is 36.8 Å². The average Bonchev–Trinajstić information content (AvgIpc) is 3.55. The number of fused-ring (bicyclic) bond motifs is 1. The number of aromatic nitrogens is 3. The van der Waals surface area contributed by atoms with Gasteiger partial charge in [0.15, 0.2) is 5.78 Å². The van der Waals surface area contributed by atoms with Gasteiger partial charge in [-0.1, -0.05) is 6.07 Å². The van der Waals surface area contributed by atoms with Crippen molar-refractivity contribution in [3.8, 4) is 0 Å². The van der Waals surface area contributed by atoms with Crippen molar-refractivity contribution < 1.29 is 31.9 Å². The molecule has 3 aromatic heterocycles. The number of hydrogen-bond acceptors (Lipinski definition) is 5. The van der Waals surface area contributed by atoms with E-state index in [4.69, 9.17) is 0 Å². The number of hydrogen-bond donors (Lipinski definition) is 1. The third-order valence-electron chi connectivity index (χ3n) is 7.64. The Balaban J connectivity index is 1.29. The molecule has 1 N–H and O–H groups in total. The lowest BCUT2D eigenvalue weighted by atomic mass is 10.0. The third-order valence-corrected chi connectivity index (χ3v) is 7.64. The second kappa shape index (κ2) is 8.80. The van der Waals surface area contributed by atoms with Crippen molar-refractivity contribution in [2.24, 2.45) is 0 Å². The summed E-state index contributed by atoms with van der Waals surface area (Å²) in [6.07, 6.45) is 1.40. The quantitative estimate of drug-likeness (QED) is 0.370. The van der Waals surface area contributed by atoms with E-state index in [1.54, 1.807) is 12.4 Å². The van der Waals surface area contributed by atoms with E-state index >= 15 is 4.39 Å². The summed E-state index contributed by atoms with van der Waals surface area (Å²) in [6.45, 7) is -0.530. The molecule has 212 valence electrons. The number of Topliss-reactive ketones (excluding diaryl/α,β-unsaturated/α-hetero) is 1. The SMILES string of the molecule is CC1(F)CN(C(=O)N2CCn3cc(C4=C(c5cnc6ccccn56)C(=O)CN4)c4cc(F)cc(c43)C2)CC(F)(F)O1. The van der Waals surface area contributed by atoms with Gasteiger partial charge in [-0.15, -0.1) is 0 Å². The fourth-order valence-corrected chi connectivity index (χ4v) is 6.10. The van der Waals surface area contributed by atoms with Gasteiger partial charge in [-0.2, -0.15) is 8.78 Å². The van der Waals surface area contributed by atoms with Gasteiger partial charge in [0, 0.05) is 43.0 Å². The Kier molecular flexibility index (Phi) is 5.49. The first-order valence-corrected chi connectivity index (χ1v) is 13.1. The summed E-state index contributed by atoms with van der Waals surface area (Å²) in [5, 5.41) is 3.71. The van der Waals surface area contributed by atoms with Crippen LogP contribution in [0.4, 0.5) is 22.4 Å². The van der Waals surface area contributed by atoms with Crippen molar-refractivity contribution >= 4 is 39.6 Å². The van der Waals surface area contributed by atoms with Gasteiger partial charge in [-0.25, -0.2) is 18.6 Å². The largest absolute Gasteiger partial charge is 0.376 e. The predicted molar refractivity (Wildman–Crippen MR) is 140 cm³/mol. The van der Waals surface area contributed by atoms with Crippen molar-refractivity contribution in [2.75, 3.05) is 26.2 Å². The number of pyridine rings is 1. The van der Waals surface area contributed by atoms with Crippen LogP contribution in [0.25, 0.3) is 27.8 Å². The molecule has 3 aliphatic rings. The molecule has 3 aliphatic heterocycles. The first kappa shape index (κ1) is 25.6. The van der Waals surface area contributed by atoms with Crippen LogP contribution in [0.15, 0.2) is 48.9 Å². The Morgan fingerprint density at radius 3 is 2.76 bits per heavy atom. The number of carbonyl (C=O) groups is 2. The van der Waals surface area contributed by atoms with Gasteiger partial charge in [-0.3, -0.25) is 13.9 Å². The Morgan fingerprint density at radius 2 is 1.95 bits per heavy atom. The van der Waals surface area contributed by atoms with E-state index in [-0.39, 0.29) is 32.0 Å². The Morgan fingerprint density at radius 1 is 1.12 bits per heavy atom. The standard InChI is InChI=1S/C28H24F4N6O3/c1-27(30)14-37(15-28(31,32)41-27)26(40)36-7-6-35-13-19(18-9-17(29)8-16(12-36)25(18)35)24-23(21(39)11-34-24)20-10-33-22-4-2-3-5-38(20)22/h2-5,8-10,13,34H,6-7,11-12,14-15H2,1H3. The van der Waals surface area contributed by atoms with Crippen molar-refractivity contribution in [1.82, 2.24) is 29.1 Å². The van der Waals surface area contributed by atoms with Crippen LogP contribution < -0.4 is 5.32 Å². The normalized spacial score (nSPS) is 22.5. The van der Waals surface area contributed by atoms with Gasteiger partial charge in [0.05, 0.1) is 41.8 Å². The number of carbonyl (C=O) groups excluding carboxylic acids is 2.